The van der Waals surface area contributed by atoms with Crippen molar-refractivity contribution in [2.24, 2.45) is 5.73 Å². The van der Waals surface area contributed by atoms with Gasteiger partial charge < -0.3 is 20.7 Å². The summed E-state index contributed by atoms with van der Waals surface area (Å²) >= 11 is 5.89. The molecular formula is C25H41N3O3S2. The number of hydrogen-bond acceptors (Lipinski definition) is 7. The van der Waals surface area contributed by atoms with Crippen LogP contribution in [0.5, 0.6) is 0 Å². The number of nitrogens with one attached hydrogen (secondary N) is 1. The van der Waals surface area contributed by atoms with E-state index in [0.717, 1.165) is 41.8 Å². The van der Waals surface area contributed by atoms with Crippen molar-refractivity contribution in [1.29, 1.82) is 0 Å². The molecule has 0 radical (unpaired) electrons. The molecule has 0 unspecified atom stereocenters. The number of unbranched alkanes of at least 4 members (excludes halogenated alkanes) is 2. The molecule has 1 aromatic rings. The minimum atomic E-state index is -0.618. The molecule has 0 aliphatic carbocycles. The van der Waals surface area contributed by atoms with Crippen LogP contribution in [0.2, 0.25) is 0 Å². The number of amides is 1. The van der Waals surface area contributed by atoms with E-state index in [2.05, 4.69) is 30.9 Å². The van der Waals surface area contributed by atoms with E-state index in [0.29, 0.717) is 25.3 Å². The largest absolute Gasteiger partial charge is 0.467 e. The number of benzene rings is 1. The van der Waals surface area contributed by atoms with E-state index in [-0.39, 0.29) is 24.3 Å². The van der Waals surface area contributed by atoms with Crippen LogP contribution in [-0.4, -0.2) is 60.3 Å². The van der Waals surface area contributed by atoms with Crippen LogP contribution in [-0.2, 0) is 20.9 Å². The lowest BCUT2D eigenvalue weighted by Crippen LogP contribution is -2.45. The second-order valence-electron chi connectivity index (χ2n) is 8.07. The average molecular weight is 496 g/mol. The number of thioether (sulfide) groups is 1. The van der Waals surface area contributed by atoms with Crippen molar-refractivity contribution in [3.63, 3.8) is 0 Å². The summed E-state index contributed by atoms with van der Waals surface area (Å²) in [5.41, 5.74) is 8.98. The Kier molecular flexibility index (Phi) is 15.0. The molecule has 0 heterocycles. The van der Waals surface area contributed by atoms with E-state index in [9.17, 15) is 9.59 Å². The molecule has 2 atom stereocenters. The standard InChI is InChI=1S/C25H41N3O3S2/c1-5-6-7-8-9-13-24(29)28(23(14-15-33-4)25(30)31-3)17-20-11-10-12-22(19(20)2)27-16-21(26)18-32/h8-12,21,23,27,32H,5-7,13-18,26H2,1-4H3/b9-8+/t21-,23-/m1/s1. The predicted molar refractivity (Wildman–Crippen MR) is 144 cm³/mol. The summed E-state index contributed by atoms with van der Waals surface area (Å²) in [6.07, 6.45) is 9.95. The maximum Gasteiger partial charge on any atom is 0.328 e. The van der Waals surface area contributed by atoms with Crippen LogP contribution in [0.3, 0.4) is 0 Å². The van der Waals surface area contributed by atoms with E-state index in [1.807, 2.05) is 37.5 Å². The number of carbonyl (C=O) groups excluding carboxylic acids is 2. The smallest absolute Gasteiger partial charge is 0.328 e. The number of esters is 1. The second-order valence-corrected chi connectivity index (χ2v) is 9.42. The summed E-state index contributed by atoms with van der Waals surface area (Å²) in [4.78, 5) is 27.6. The minimum absolute atomic E-state index is 0.0517. The first-order valence-corrected chi connectivity index (χ1v) is 13.6. The lowest BCUT2D eigenvalue weighted by molar-refractivity contribution is -0.153. The Morgan fingerprint density at radius 2 is 2.09 bits per heavy atom. The van der Waals surface area contributed by atoms with Gasteiger partial charge in [-0.25, -0.2) is 4.79 Å². The van der Waals surface area contributed by atoms with E-state index >= 15 is 0 Å². The monoisotopic (exact) mass is 495 g/mol. The molecule has 8 heteroatoms. The van der Waals surface area contributed by atoms with Crippen LogP contribution in [0.4, 0.5) is 5.69 Å². The van der Waals surface area contributed by atoms with E-state index in [1.54, 1.807) is 16.7 Å². The Morgan fingerprint density at radius 1 is 1.33 bits per heavy atom. The van der Waals surface area contributed by atoms with Gasteiger partial charge in [0.05, 0.1) is 7.11 Å². The van der Waals surface area contributed by atoms with Gasteiger partial charge in [-0.3, -0.25) is 4.79 Å². The molecule has 33 heavy (non-hydrogen) atoms. The third-order valence-electron chi connectivity index (χ3n) is 5.52. The van der Waals surface area contributed by atoms with E-state index in [4.69, 9.17) is 10.5 Å². The van der Waals surface area contributed by atoms with Crippen molar-refractivity contribution in [2.75, 3.05) is 36.7 Å². The predicted octanol–water partition coefficient (Wildman–Crippen LogP) is 4.42. The maximum absolute atomic E-state index is 13.3. The fraction of sp³-hybridized carbons (Fsp3) is 0.600. The first-order valence-electron chi connectivity index (χ1n) is 11.6. The third-order valence-corrected chi connectivity index (χ3v) is 6.64. The highest BCUT2D eigenvalue weighted by molar-refractivity contribution is 7.98. The van der Waals surface area contributed by atoms with Crippen LogP contribution in [0.15, 0.2) is 30.4 Å². The summed E-state index contributed by atoms with van der Waals surface area (Å²) in [6, 6.07) is 5.29. The number of hydrogen-bond donors (Lipinski definition) is 3. The molecule has 0 aliphatic heterocycles. The lowest BCUT2D eigenvalue weighted by atomic mass is 10.0. The molecule has 0 aliphatic rings. The topological polar surface area (TPSA) is 84.7 Å². The highest BCUT2D eigenvalue weighted by Gasteiger charge is 2.30. The summed E-state index contributed by atoms with van der Waals surface area (Å²) in [5.74, 6) is 0.904. The SMILES string of the molecule is CCCC/C=C/CC(=O)N(Cc1cccc(NC[C@@H](N)CS)c1C)[C@H](CCSC)C(=O)OC. The Labute approximate surface area is 209 Å². The molecule has 1 aromatic carbocycles. The molecule has 0 aromatic heterocycles. The van der Waals surface area contributed by atoms with Crippen molar-refractivity contribution in [1.82, 2.24) is 4.90 Å². The Balaban J connectivity index is 3.16. The minimum Gasteiger partial charge on any atom is -0.467 e. The number of nitrogens with two attached hydrogens (primary N) is 1. The number of methoxy groups -OCH3 is 1. The van der Waals surface area contributed by atoms with Gasteiger partial charge in [0.2, 0.25) is 5.91 Å². The first kappa shape index (κ1) is 29.4. The van der Waals surface area contributed by atoms with Gasteiger partial charge in [-0.05, 0) is 49.0 Å². The fourth-order valence-electron chi connectivity index (χ4n) is 3.42. The zero-order chi connectivity index (χ0) is 24.6. The van der Waals surface area contributed by atoms with Gasteiger partial charge in [0.15, 0.2) is 0 Å². The molecule has 6 nitrogen and oxygen atoms in total. The van der Waals surface area contributed by atoms with Crippen LogP contribution >= 0.6 is 24.4 Å². The number of anilines is 1. The molecular weight excluding hydrogens is 454 g/mol. The summed E-state index contributed by atoms with van der Waals surface area (Å²) < 4.78 is 5.07. The molecule has 3 N–H and O–H groups in total. The molecule has 0 saturated carbocycles. The van der Waals surface area contributed by atoms with Gasteiger partial charge in [-0.2, -0.15) is 24.4 Å². The zero-order valence-corrected chi connectivity index (χ0v) is 22.2. The van der Waals surface area contributed by atoms with Gasteiger partial charge >= 0.3 is 5.97 Å². The normalized spacial score (nSPS) is 13.0. The first-order chi connectivity index (χ1) is 15.9. The summed E-state index contributed by atoms with van der Waals surface area (Å²) in [7, 11) is 1.38. The van der Waals surface area contributed by atoms with Crippen molar-refractivity contribution >= 4 is 42.0 Å². The molecule has 1 rings (SSSR count). The zero-order valence-electron chi connectivity index (χ0n) is 20.5. The van der Waals surface area contributed by atoms with Gasteiger partial charge in [-0.15, -0.1) is 0 Å². The number of rotatable bonds is 16. The summed E-state index contributed by atoms with van der Waals surface area (Å²) in [5, 5.41) is 3.37. The van der Waals surface area contributed by atoms with Gasteiger partial charge in [0, 0.05) is 37.0 Å². The third kappa shape index (κ3) is 10.4. The number of allylic oxidation sites excluding steroid dienone is 1. The van der Waals surface area contributed by atoms with Crippen molar-refractivity contribution in [2.45, 2.75) is 64.6 Å². The Bertz CT molecular complexity index is 758. The highest BCUT2D eigenvalue weighted by Crippen LogP contribution is 2.23. The number of carbonyl (C=O) groups is 2. The number of ether oxygens (including phenoxy) is 1. The van der Waals surface area contributed by atoms with E-state index in [1.165, 1.54) is 7.11 Å². The Morgan fingerprint density at radius 3 is 2.73 bits per heavy atom. The quantitative estimate of drug-likeness (QED) is 0.136. The van der Waals surface area contributed by atoms with Crippen molar-refractivity contribution < 1.29 is 14.3 Å². The van der Waals surface area contributed by atoms with E-state index < -0.39 is 6.04 Å². The van der Waals surface area contributed by atoms with Crippen LogP contribution in [0.25, 0.3) is 0 Å². The molecule has 186 valence electrons. The fourth-order valence-corrected chi connectivity index (χ4v) is 4.00. The van der Waals surface area contributed by atoms with Crippen LogP contribution in [0, 0.1) is 6.92 Å². The molecule has 0 spiro atoms. The van der Waals surface area contributed by atoms with Crippen molar-refractivity contribution in [3.8, 4) is 0 Å². The summed E-state index contributed by atoms with van der Waals surface area (Å²) in [6.45, 7) is 5.12. The van der Waals surface area contributed by atoms with Crippen LogP contribution in [0.1, 0.15) is 50.2 Å². The van der Waals surface area contributed by atoms with Gasteiger partial charge in [-0.1, -0.05) is 44.1 Å². The Hall–Kier alpha value is -1.64. The number of nitrogens with zero attached hydrogens (tertiary/aromatic N) is 1. The number of thiol groups is 1. The van der Waals surface area contributed by atoms with Gasteiger partial charge in [0.25, 0.3) is 0 Å². The average Bonchev–Trinajstić information content (AvgIpc) is 2.82. The maximum atomic E-state index is 13.3. The second kappa shape index (κ2) is 16.9. The highest BCUT2D eigenvalue weighted by atomic mass is 32.2. The molecule has 0 bridgehead atoms. The molecule has 0 fully saturated rings. The van der Waals surface area contributed by atoms with Crippen molar-refractivity contribution in [3.05, 3.63) is 41.5 Å². The van der Waals surface area contributed by atoms with Crippen LogP contribution < -0.4 is 11.1 Å². The molecule has 0 saturated heterocycles. The van der Waals surface area contributed by atoms with Gasteiger partial charge in [0.1, 0.15) is 6.04 Å². The lowest BCUT2D eigenvalue weighted by Gasteiger charge is -2.31. The molecule has 1 amide bonds.